The lowest BCUT2D eigenvalue weighted by Gasteiger charge is -2.12. The molecular weight excluding hydrogens is 271 g/mol. The molecule has 3 nitrogen and oxygen atoms in total. The molecule has 0 aromatic heterocycles. The van der Waals surface area contributed by atoms with E-state index in [-0.39, 0.29) is 23.9 Å². The van der Waals surface area contributed by atoms with E-state index in [1.165, 1.54) is 24.3 Å². The second-order valence-electron chi connectivity index (χ2n) is 4.54. The lowest BCUT2D eigenvalue weighted by Crippen LogP contribution is -2.27. The lowest BCUT2D eigenvalue weighted by atomic mass is 9.99. The van der Waals surface area contributed by atoms with Gasteiger partial charge in [0.25, 0.3) is 0 Å². The number of nitrogens with one attached hydrogen (secondary N) is 1. The Bertz CT molecular complexity index is 429. The van der Waals surface area contributed by atoms with Gasteiger partial charge in [0.15, 0.2) is 0 Å². The van der Waals surface area contributed by atoms with Crippen LogP contribution in [0, 0.1) is 5.92 Å². The van der Waals surface area contributed by atoms with E-state index in [1.54, 1.807) is 0 Å². The Morgan fingerprint density at radius 2 is 1.90 bits per heavy atom. The van der Waals surface area contributed by atoms with E-state index in [9.17, 15) is 18.0 Å². The molecule has 0 fully saturated rings. The topological polar surface area (TPSA) is 38.3 Å². The minimum atomic E-state index is -4.70. The highest BCUT2D eigenvalue weighted by Crippen LogP contribution is 2.23. The molecule has 1 N–H and O–H groups in total. The van der Waals surface area contributed by atoms with E-state index in [0.29, 0.717) is 12.1 Å². The first-order valence-electron chi connectivity index (χ1n) is 6.40. The van der Waals surface area contributed by atoms with Crippen LogP contribution in [0.3, 0.4) is 0 Å². The molecule has 0 heterocycles. The van der Waals surface area contributed by atoms with Crippen molar-refractivity contribution in [1.82, 2.24) is 5.32 Å². The number of carbonyl (C=O) groups is 1. The fourth-order valence-corrected chi connectivity index (χ4v) is 1.66. The van der Waals surface area contributed by atoms with Gasteiger partial charge in [-0.1, -0.05) is 26.0 Å². The summed E-state index contributed by atoms with van der Waals surface area (Å²) in [6.45, 7) is 5.17. The third kappa shape index (κ3) is 6.06. The summed E-state index contributed by atoms with van der Waals surface area (Å²) in [5.74, 6) is -0.356. The molecule has 1 aromatic rings. The predicted octanol–water partition coefficient (Wildman–Crippen LogP) is 2.94. The van der Waals surface area contributed by atoms with Crippen molar-refractivity contribution in [3.63, 3.8) is 0 Å². The first kappa shape index (κ1) is 16.5. The fraction of sp³-hybridized carbons (Fsp3) is 0.500. The summed E-state index contributed by atoms with van der Waals surface area (Å²) >= 11 is 0. The highest BCUT2D eigenvalue weighted by Gasteiger charge is 2.30. The molecule has 1 aromatic carbocycles. The summed E-state index contributed by atoms with van der Waals surface area (Å²) in [7, 11) is 0. The molecule has 112 valence electrons. The molecule has 0 radical (unpaired) electrons. The summed E-state index contributed by atoms with van der Waals surface area (Å²) in [4.78, 5) is 11.9. The Hall–Kier alpha value is -1.56. The van der Waals surface area contributed by atoms with Crippen LogP contribution in [0.2, 0.25) is 0 Å². The largest absolute Gasteiger partial charge is 0.573 e. The zero-order chi connectivity index (χ0) is 15.2. The zero-order valence-electron chi connectivity index (χ0n) is 11.5. The van der Waals surface area contributed by atoms with Crippen LogP contribution in [0.4, 0.5) is 13.2 Å². The molecule has 0 amide bonds. The van der Waals surface area contributed by atoms with Crippen LogP contribution in [0.25, 0.3) is 0 Å². The lowest BCUT2D eigenvalue weighted by molar-refractivity contribution is -0.274. The van der Waals surface area contributed by atoms with Crippen LogP contribution in [0.1, 0.15) is 19.4 Å². The van der Waals surface area contributed by atoms with E-state index < -0.39 is 6.36 Å². The maximum Gasteiger partial charge on any atom is 0.573 e. The first-order chi connectivity index (χ1) is 9.31. The number of Topliss-reactive ketones (excluding diaryl/α,β-unsaturated/α-hetero) is 1. The van der Waals surface area contributed by atoms with Crippen LogP contribution in [-0.2, 0) is 11.2 Å². The van der Waals surface area contributed by atoms with Crippen molar-refractivity contribution in [2.24, 2.45) is 5.92 Å². The van der Waals surface area contributed by atoms with E-state index in [1.807, 2.05) is 13.8 Å². The van der Waals surface area contributed by atoms with Crippen molar-refractivity contribution in [3.8, 4) is 5.75 Å². The summed E-state index contributed by atoms with van der Waals surface area (Å²) in [5, 5.41) is 3.08. The van der Waals surface area contributed by atoms with Gasteiger partial charge >= 0.3 is 6.36 Å². The quantitative estimate of drug-likeness (QED) is 0.838. The third-order valence-corrected chi connectivity index (χ3v) is 2.79. The molecule has 1 rings (SSSR count). The van der Waals surface area contributed by atoms with Crippen LogP contribution < -0.4 is 10.1 Å². The molecule has 0 aliphatic heterocycles. The van der Waals surface area contributed by atoms with Crippen molar-refractivity contribution >= 4 is 5.78 Å². The number of hydrogen-bond donors (Lipinski definition) is 1. The number of hydrogen-bond acceptors (Lipinski definition) is 3. The average Bonchev–Trinajstić information content (AvgIpc) is 2.36. The van der Waals surface area contributed by atoms with Crippen molar-refractivity contribution < 1.29 is 22.7 Å². The number of benzene rings is 1. The van der Waals surface area contributed by atoms with Crippen molar-refractivity contribution in [2.45, 2.75) is 26.6 Å². The number of ether oxygens (including phenoxy) is 1. The zero-order valence-corrected chi connectivity index (χ0v) is 11.5. The van der Waals surface area contributed by atoms with Gasteiger partial charge in [-0.05, 0) is 24.2 Å². The van der Waals surface area contributed by atoms with Gasteiger partial charge < -0.3 is 10.1 Å². The van der Waals surface area contributed by atoms with Crippen LogP contribution in [0.5, 0.6) is 5.75 Å². The summed E-state index contributed by atoms with van der Waals surface area (Å²) in [5.41, 5.74) is 0.674. The van der Waals surface area contributed by atoms with Crippen molar-refractivity contribution in [2.75, 3.05) is 13.1 Å². The Morgan fingerprint density at radius 1 is 1.30 bits per heavy atom. The van der Waals surface area contributed by atoms with Crippen LogP contribution >= 0.6 is 0 Å². The molecule has 6 heteroatoms. The molecular formula is C14H18F3NO2. The second kappa shape index (κ2) is 7.28. The molecule has 0 saturated heterocycles. The molecule has 0 spiro atoms. The molecule has 0 aliphatic rings. The number of rotatable bonds is 7. The third-order valence-electron chi connectivity index (χ3n) is 2.79. The fourth-order valence-electron chi connectivity index (χ4n) is 1.66. The molecule has 0 saturated carbocycles. The van der Waals surface area contributed by atoms with Gasteiger partial charge in [-0.2, -0.15) is 0 Å². The SMILES string of the molecule is CCNCC(C)C(=O)Cc1ccc(OC(F)(F)F)cc1. The van der Waals surface area contributed by atoms with Crippen LogP contribution in [-0.4, -0.2) is 25.2 Å². The number of alkyl halides is 3. The smallest absolute Gasteiger partial charge is 0.406 e. The maximum absolute atomic E-state index is 12.0. The van der Waals surface area contributed by atoms with Gasteiger partial charge in [0.2, 0.25) is 0 Å². The summed E-state index contributed by atoms with van der Waals surface area (Å²) < 4.78 is 39.7. The van der Waals surface area contributed by atoms with Gasteiger partial charge in [0.05, 0.1) is 0 Å². The highest BCUT2D eigenvalue weighted by molar-refractivity contribution is 5.83. The maximum atomic E-state index is 12.0. The Labute approximate surface area is 116 Å². The van der Waals surface area contributed by atoms with Gasteiger partial charge in [-0.15, -0.1) is 13.2 Å². The van der Waals surface area contributed by atoms with Gasteiger partial charge in [-0.3, -0.25) is 4.79 Å². The Balaban J connectivity index is 2.55. The minimum absolute atomic E-state index is 0.0513. The van der Waals surface area contributed by atoms with E-state index in [2.05, 4.69) is 10.1 Å². The van der Waals surface area contributed by atoms with E-state index >= 15 is 0 Å². The average molecular weight is 289 g/mol. The monoisotopic (exact) mass is 289 g/mol. The molecule has 0 aliphatic carbocycles. The van der Waals surface area contributed by atoms with Gasteiger partial charge in [0.1, 0.15) is 11.5 Å². The first-order valence-corrected chi connectivity index (χ1v) is 6.40. The second-order valence-corrected chi connectivity index (χ2v) is 4.54. The van der Waals surface area contributed by atoms with E-state index in [0.717, 1.165) is 6.54 Å². The standard InChI is InChI=1S/C14H18F3NO2/c1-3-18-9-10(2)13(19)8-11-4-6-12(7-5-11)20-14(15,16)17/h4-7,10,18H,3,8-9H2,1-2H3. The molecule has 20 heavy (non-hydrogen) atoms. The van der Waals surface area contributed by atoms with E-state index in [4.69, 9.17) is 0 Å². The van der Waals surface area contributed by atoms with Gasteiger partial charge in [0, 0.05) is 18.9 Å². The molecule has 1 unspecified atom stereocenters. The normalized spacial score (nSPS) is 13.1. The van der Waals surface area contributed by atoms with Crippen LogP contribution in [0.15, 0.2) is 24.3 Å². The van der Waals surface area contributed by atoms with Crippen molar-refractivity contribution in [1.29, 1.82) is 0 Å². The van der Waals surface area contributed by atoms with Gasteiger partial charge in [-0.25, -0.2) is 0 Å². The molecule has 0 bridgehead atoms. The summed E-state index contributed by atoms with van der Waals surface area (Å²) in [6.07, 6.45) is -4.49. The Kier molecular flexibility index (Phi) is 6.01. The highest BCUT2D eigenvalue weighted by atomic mass is 19.4. The minimum Gasteiger partial charge on any atom is -0.406 e. The number of halogens is 3. The Morgan fingerprint density at radius 3 is 2.40 bits per heavy atom. The predicted molar refractivity (Wildman–Crippen MR) is 69.5 cm³/mol. The number of carbonyl (C=O) groups excluding carboxylic acids is 1. The molecule has 1 atom stereocenters. The summed E-state index contributed by atoms with van der Waals surface area (Å²) in [6, 6.07) is 5.37. The van der Waals surface area contributed by atoms with Crippen molar-refractivity contribution in [3.05, 3.63) is 29.8 Å². The number of ketones is 1.